The number of halogens is 2. The van der Waals surface area contributed by atoms with Gasteiger partial charge in [-0.25, -0.2) is 0 Å². The second-order valence-electron chi connectivity index (χ2n) is 5.20. The Balaban J connectivity index is 2.25. The van der Waals surface area contributed by atoms with Crippen LogP contribution in [0.5, 0.6) is 0 Å². The molecule has 1 aliphatic rings. The lowest BCUT2D eigenvalue weighted by atomic mass is 10.2. The van der Waals surface area contributed by atoms with E-state index in [0.717, 1.165) is 17.1 Å². The number of anilines is 2. The van der Waals surface area contributed by atoms with Crippen LogP contribution in [0, 0.1) is 0 Å². The average molecular weight is 359 g/mol. The molecule has 0 bridgehead atoms. The van der Waals surface area contributed by atoms with Crippen LogP contribution in [0.1, 0.15) is 0 Å². The van der Waals surface area contributed by atoms with Crippen LogP contribution in [-0.4, -0.2) is 30.7 Å². The van der Waals surface area contributed by atoms with Crippen molar-refractivity contribution in [1.29, 1.82) is 0 Å². The van der Waals surface area contributed by atoms with E-state index in [0.29, 0.717) is 21.6 Å². The fourth-order valence-electron chi connectivity index (χ4n) is 2.54. The lowest BCUT2D eigenvalue weighted by Gasteiger charge is -2.26. The molecule has 6 heteroatoms. The van der Waals surface area contributed by atoms with Crippen molar-refractivity contribution in [2.24, 2.45) is 10.1 Å². The third kappa shape index (κ3) is 2.79. The lowest BCUT2D eigenvalue weighted by molar-refractivity contribution is 0.483. The van der Waals surface area contributed by atoms with Gasteiger partial charge in [-0.1, -0.05) is 54.0 Å². The summed E-state index contributed by atoms with van der Waals surface area (Å²) in [5.74, 6) is 0.631. The number of benzene rings is 2. The summed E-state index contributed by atoms with van der Waals surface area (Å²) < 4.78 is 0. The number of rotatable bonds is 2. The van der Waals surface area contributed by atoms with Gasteiger partial charge in [0, 0.05) is 14.1 Å². The number of hydrazone groups is 1. The maximum Gasteiger partial charge on any atom is 0.185 e. The summed E-state index contributed by atoms with van der Waals surface area (Å²) in [6, 6.07) is 15.1. The van der Waals surface area contributed by atoms with Crippen LogP contribution in [0.3, 0.4) is 0 Å². The van der Waals surface area contributed by atoms with Crippen LogP contribution in [-0.2, 0) is 0 Å². The second kappa shape index (κ2) is 6.67. The van der Waals surface area contributed by atoms with Crippen molar-refractivity contribution >= 4 is 46.1 Å². The van der Waals surface area contributed by atoms with E-state index in [1.807, 2.05) is 60.5 Å². The predicted octanol–water partition coefficient (Wildman–Crippen LogP) is 4.97. The van der Waals surface area contributed by atoms with E-state index in [4.69, 9.17) is 23.2 Å². The average Bonchev–Trinajstić information content (AvgIpc) is 2.86. The van der Waals surface area contributed by atoms with Crippen LogP contribution in [0.4, 0.5) is 11.4 Å². The quantitative estimate of drug-likeness (QED) is 0.758. The van der Waals surface area contributed by atoms with Crippen LogP contribution >= 0.6 is 23.2 Å². The fourth-order valence-corrected chi connectivity index (χ4v) is 2.98. The molecule has 0 unspecified atom stereocenters. The molecule has 0 saturated carbocycles. The van der Waals surface area contributed by atoms with E-state index < -0.39 is 0 Å². The molecule has 0 fully saturated rings. The Labute approximate surface area is 151 Å². The number of nitrogens with zero attached hydrogens (tertiary/aromatic N) is 4. The Morgan fingerprint density at radius 3 is 1.96 bits per heavy atom. The highest BCUT2D eigenvalue weighted by Crippen LogP contribution is 2.37. The van der Waals surface area contributed by atoms with E-state index in [2.05, 4.69) is 16.7 Å². The normalized spacial score (nSPS) is 15.8. The maximum atomic E-state index is 6.45. The van der Waals surface area contributed by atoms with E-state index >= 15 is 0 Å². The first-order chi connectivity index (χ1) is 11.5. The molecular formula is C18H16Cl2N4. The summed E-state index contributed by atoms with van der Waals surface area (Å²) in [6.45, 7) is 4.04. The topological polar surface area (TPSA) is 31.2 Å². The summed E-state index contributed by atoms with van der Waals surface area (Å²) in [4.78, 5) is 6.25. The van der Waals surface area contributed by atoms with Crippen molar-refractivity contribution in [1.82, 2.24) is 5.01 Å². The Kier molecular flexibility index (Phi) is 4.60. The zero-order valence-electron chi connectivity index (χ0n) is 13.4. The number of hydrogen-bond acceptors (Lipinski definition) is 4. The molecule has 4 nitrogen and oxygen atoms in total. The van der Waals surface area contributed by atoms with E-state index in [1.54, 1.807) is 12.1 Å². The van der Waals surface area contributed by atoms with Gasteiger partial charge < -0.3 is 0 Å². The van der Waals surface area contributed by atoms with Gasteiger partial charge in [-0.2, -0.15) is 5.10 Å². The maximum absolute atomic E-state index is 6.45. The van der Waals surface area contributed by atoms with Crippen molar-refractivity contribution in [3.8, 4) is 0 Å². The summed E-state index contributed by atoms with van der Waals surface area (Å²) in [5.41, 5.74) is 2.96. The van der Waals surface area contributed by atoms with Crippen molar-refractivity contribution in [2.45, 2.75) is 0 Å². The van der Waals surface area contributed by atoms with Gasteiger partial charge in [0.25, 0.3) is 0 Å². The molecule has 0 radical (unpaired) electrons. The third-order valence-electron chi connectivity index (χ3n) is 3.74. The molecule has 0 atom stereocenters. The number of hydrogen-bond donors (Lipinski definition) is 0. The Morgan fingerprint density at radius 2 is 1.50 bits per heavy atom. The number of amidine groups is 1. The number of aliphatic imine (C=N–C) groups is 1. The zero-order valence-corrected chi connectivity index (χ0v) is 14.9. The summed E-state index contributed by atoms with van der Waals surface area (Å²) in [5, 5.41) is 7.46. The van der Waals surface area contributed by atoms with Crippen molar-refractivity contribution in [3.63, 3.8) is 0 Å². The molecular weight excluding hydrogens is 343 g/mol. The first-order valence-corrected chi connectivity index (χ1v) is 8.08. The number of para-hydroxylation sites is 2. The molecule has 0 spiro atoms. The molecule has 0 aromatic heterocycles. The van der Waals surface area contributed by atoms with Gasteiger partial charge in [-0.3, -0.25) is 14.9 Å². The van der Waals surface area contributed by atoms with Gasteiger partial charge in [0.05, 0.1) is 27.1 Å². The highest BCUT2D eigenvalue weighted by molar-refractivity contribution is 6.54. The van der Waals surface area contributed by atoms with Crippen LogP contribution in [0.2, 0.25) is 10.0 Å². The minimum absolute atomic E-state index is 0.593. The monoisotopic (exact) mass is 358 g/mol. The molecule has 0 amide bonds. The second-order valence-corrected chi connectivity index (χ2v) is 6.02. The fraction of sp³-hybridized carbons (Fsp3) is 0.111. The summed E-state index contributed by atoms with van der Waals surface area (Å²) >= 11 is 12.9. The van der Waals surface area contributed by atoms with E-state index in [9.17, 15) is 0 Å². The highest BCUT2D eigenvalue weighted by Gasteiger charge is 2.31. The molecule has 0 aliphatic carbocycles. The first kappa shape index (κ1) is 16.6. The Hall–Kier alpha value is -2.30. The zero-order chi connectivity index (χ0) is 17.3. The predicted molar refractivity (Wildman–Crippen MR) is 103 cm³/mol. The Morgan fingerprint density at radius 1 is 1.00 bits per heavy atom. The SMILES string of the molecule is C=C1/C(=N\C)C(N(c2ccccc2Cl)c2ccccc2Cl)=NN1C. The molecule has 122 valence electrons. The van der Waals surface area contributed by atoms with Crippen LogP contribution in [0.25, 0.3) is 0 Å². The molecule has 3 rings (SSSR count). The van der Waals surface area contributed by atoms with E-state index in [1.165, 1.54) is 0 Å². The van der Waals surface area contributed by atoms with E-state index in [-0.39, 0.29) is 0 Å². The standard InChI is InChI=1S/C18H16Cl2N4/c1-12-17(21-2)18(22-23(12)3)24(15-10-6-4-8-13(15)19)16-11-7-5-9-14(16)20/h4-11H,1H2,2-3H3/b21-17+. The van der Waals surface area contributed by atoms with Crippen molar-refractivity contribution < 1.29 is 0 Å². The molecule has 0 N–H and O–H groups in total. The van der Waals surface area contributed by atoms with Crippen molar-refractivity contribution in [2.75, 3.05) is 19.0 Å². The van der Waals surface area contributed by atoms with Gasteiger partial charge in [-0.05, 0) is 24.3 Å². The van der Waals surface area contributed by atoms with Crippen molar-refractivity contribution in [3.05, 3.63) is 70.9 Å². The minimum Gasteiger partial charge on any atom is -0.289 e. The van der Waals surface area contributed by atoms with Gasteiger partial charge >= 0.3 is 0 Å². The molecule has 2 aromatic carbocycles. The van der Waals surface area contributed by atoms with Gasteiger partial charge in [0.15, 0.2) is 5.84 Å². The molecule has 1 heterocycles. The first-order valence-electron chi connectivity index (χ1n) is 7.32. The summed E-state index contributed by atoms with van der Waals surface area (Å²) in [7, 11) is 3.55. The summed E-state index contributed by atoms with van der Waals surface area (Å²) in [6.07, 6.45) is 0. The molecule has 1 aliphatic heterocycles. The third-order valence-corrected chi connectivity index (χ3v) is 4.38. The van der Waals surface area contributed by atoms with Gasteiger partial charge in [-0.15, -0.1) is 0 Å². The largest absolute Gasteiger partial charge is 0.289 e. The van der Waals surface area contributed by atoms with Crippen LogP contribution in [0.15, 0.2) is 70.9 Å². The smallest absolute Gasteiger partial charge is 0.185 e. The minimum atomic E-state index is 0.593. The van der Waals surface area contributed by atoms with Gasteiger partial charge in [0.2, 0.25) is 0 Å². The lowest BCUT2D eigenvalue weighted by Crippen LogP contribution is -2.31. The Bertz CT molecular complexity index is 812. The highest BCUT2D eigenvalue weighted by atomic mass is 35.5. The molecule has 0 saturated heterocycles. The molecule has 2 aromatic rings. The molecule has 24 heavy (non-hydrogen) atoms. The van der Waals surface area contributed by atoms with Crippen LogP contribution < -0.4 is 4.90 Å². The van der Waals surface area contributed by atoms with Gasteiger partial charge in [0.1, 0.15) is 5.71 Å².